The molecule has 0 heterocycles. The summed E-state index contributed by atoms with van der Waals surface area (Å²) in [6.07, 6.45) is 5.78. The molecular weight excluding hydrogens is 236 g/mol. The summed E-state index contributed by atoms with van der Waals surface area (Å²) in [5, 5.41) is 9.69. The lowest BCUT2D eigenvalue weighted by molar-refractivity contribution is -0.152. The Kier molecular flexibility index (Phi) is 3.12. The van der Waals surface area contributed by atoms with Crippen molar-refractivity contribution in [1.82, 2.24) is 0 Å². The van der Waals surface area contributed by atoms with Gasteiger partial charge < -0.3 is 5.11 Å². The topological polar surface area (TPSA) is 37.3 Å². The van der Waals surface area contributed by atoms with Crippen molar-refractivity contribution in [3.8, 4) is 0 Å². The monoisotopic (exact) mass is 258 g/mol. The summed E-state index contributed by atoms with van der Waals surface area (Å²) >= 11 is 0. The normalized spacial score (nSPS) is 33.3. The Morgan fingerprint density at radius 1 is 1.32 bits per heavy atom. The summed E-state index contributed by atoms with van der Waals surface area (Å²) in [7, 11) is 0. The number of hydrogen-bond donors (Lipinski definition) is 1. The van der Waals surface area contributed by atoms with E-state index in [0.717, 1.165) is 38.5 Å². The predicted molar refractivity (Wildman–Crippen MR) is 75.2 cm³/mol. The average molecular weight is 258 g/mol. The van der Waals surface area contributed by atoms with E-state index in [2.05, 4.69) is 31.2 Å². The molecule has 1 fully saturated rings. The maximum absolute atomic E-state index is 11.8. The van der Waals surface area contributed by atoms with Crippen molar-refractivity contribution in [2.75, 3.05) is 0 Å². The van der Waals surface area contributed by atoms with Crippen LogP contribution in [0.25, 0.3) is 0 Å². The average Bonchev–Trinajstić information content (AvgIpc) is 2.38. The Labute approximate surface area is 114 Å². The minimum absolute atomic E-state index is 0.454. The van der Waals surface area contributed by atoms with Crippen LogP contribution in [-0.2, 0) is 11.2 Å². The zero-order chi connectivity index (χ0) is 13.5. The van der Waals surface area contributed by atoms with Gasteiger partial charge in [-0.05, 0) is 61.5 Å². The first-order valence-corrected chi connectivity index (χ1v) is 7.42. The first kappa shape index (κ1) is 12.7. The molecule has 1 aromatic carbocycles. The van der Waals surface area contributed by atoms with Gasteiger partial charge in [-0.2, -0.15) is 0 Å². The van der Waals surface area contributed by atoms with Crippen LogP contribution in [0.1, 0.15) is 56.1 Å². The highest BCUT2D eigenvalue weighted by atomic mass is 16.4. The van der Waals surface area contributed by atoms with Gasteiger partial charge in [0.05, 0.1) is 5.41 Å². The molecular formula is C17H22O2. The second kappa shape index (κ2) is 4.66. The largest absolute Gasteiger partial charge is 0.481 e. The molecule has 0 aliphatic heterocycles. The highest BCUT2D eigenvalue weighted by Gasteiger charge is 2.44. The Morgan fingerprint density at radius 3 is 2.63 bits per heavy atom. The van der Waals surface area contributed by atoms with Crippen LogP contribution < -0.4 is 0 Å². The van der Waals surface area contributed by atoms with Crippen molar-refractivity contribution in [3.63, 3.8) is 0 Å². The number of fused-ring (bicyclic) bond motifs is 1. The van der Waals surface area contributed by atoms with Crippen LogP contribution >= 0.6 is 0 Å². The first-order valence-electron chi connectivity index (χ1n) is 7.42. The number of aliphatic carboxylic acids is 1. The molecule has 1 unspecified atom stereocenters. The van der Waals surface area contributed by atoms with Gasteiger partial charge in [0, 0.05) is 0 Å². The molecule has 3 rings (SSSR count). The third kappa shape index (κ3) is 2.18. The van der Waals surface area contributed by atoms with Crippen molar-refractivity contribution in [2.45, 2.75) is 51.4 Å². The summed E-state index contributed by atoms with van der Waals surface area (Å²) in [6.45, 7) is 2.24. The molecule has 0 bridgehead atoms. The van der Waals surface area contributed by atoms with Crippen LogP contribution in [-0.4, -0.2) is 11.1 Å². The van der Waals surface area contributed by atoms with Gasteiger partial charge >= 0.3 is 5.97 Å². The molecule has 2 heteroatoms. The minimum Gasteiger partial charge on any atom is -0.481 e. The summed E-state index contributed by atoms with van der Waals surface area (Å²) in [4.78, 5) is 11.8. The van der Waals surface area contributed by atoms with Crippen molar-refractivity contribution in [1.29, 1.82) is 0 Å². The van der Waals surface area contributed by atoms with Crippen molar-refractivity contribution < 1.29 is 9.90 Å². The van der Waals surface area contributed by atoms with E-state index < -0.39 is 11.4 Å². The van der Waals surface area contributed by atoms with E-state index in [1.807, 2.05) is 0 Å². The summed E-state index contributed by atoms with van der Waals surface area (Å²) < 4.78 is 0. The third-order valence-electron chi connectivity index (χ3n) is 5.28. The smallest absolute Gasteiger partial charge is 0.309 e. The quantitative estimate of drug-likeness (QED) is 0.889. The second-order valence-electron chi connectivity index (χ2n) is 6.57. The maximum Gasteiger partial charge on any atom is 0.309 e. The number of carboxylic acid groups (broad SMARTS) is 1. The molecule has 1 aromatic rings. The molecule has 1 atom stereocenters. The van der Waals surface area contributed by atoms with Gasteiger partial charge in [-0.1, -0.05) is 31.2 Å². The number of carbonyl (C=O) groups is 1. The van der Waals surface area contributed by atoms with E-state index in [9.17, 15) is 9.90 Å². The van der Waals surface area contributed by atoms with E-state index in [1.165, 1.54) is 11.1 Å². The van der Waals surface area contributed by atoms with Crippen LogP contribution in [0, 0.1) is 11.3 Å². The summed E-state index contributed by atoms with van der Waals surface area (Å²) in [5.74, 6) is 0.602. The number of rotatable bonds is 3. The van der Waals surface area contributed by atoms with Gasteiger partial charge in [0.1, 0.15) is 0 Å². The molecule has 102 valence electrons. The zero-order valence-electron chi connectivity index (χ0n) is 11.6. The standard InChI is InChI=1S/C17H22O2/c1-12-6-8-17(9-7-12,16(18)19)11-14-10-13-4-2-3-5-15(13)14/h2-5,12,14H,6-11H2,1H3,(H,18,19). The molecule has 1 N–H and O–H groups in total. The SMILES string of the molecule is CC1CCC(CC2Cc3ccccc32)(C(=O)O)CC1. The van der Waals surface area contributed by atoms with E-state index >= 15 is 0 Å². The van der Waals surface area contributed by atoms with E-state index in [4.69, 9.17) is 0 Å². The lowest BCUT2D eigenvalue weighted by Gasteiger charge is -2.41. The Morgan fingerprint density at radius 2 is 2.00 bits per heavy atom. The van der Waals surface area contributed by atoms with Crippen LogP contribution in [0.2, 0.25) is 0 Å². The first-order chi connectivity index (χ1) is 9.11. The fraction of sp³-hybridized carbons (Fsp3) is 0.588. The van der Waals surface area contributed by atoms with E-state index in [1.54, 1.807) is 0 Å². The summed E-state index contributed by atoms with van der Waals surface area (Å²) in [6, 6.07) is 8.48. The molecule has 0 amide bonds. The molecule has 2 nitrogen and oxygen atoms in total. The van der Waals surface area contributed by atoms with Gasteiger partial charge in [-0.15, -0.1) is 0 Å². The molecule has 1 saturated carbocycles. The molecule has 0 radical (unpaired) electrons. The highest BCUT2D eigenvalue weighted by Crippen LogP contribution is 2.49. The minimum atomic E-state index is -0.566. The van der Waals surface area contributed by atoms with Gasteiger partial charge in [0.25, 0.3) is 0 Å². The van der Waals surface area contributed by atoms with Crippen molar-refractivity contribution in [3.05, 3.63) is 35.4 Å². The predicted octanol–water partition coefficient (Wildman–Crippen LogP) is 4.00. The second-order valence-corrected chi connectivity index (χ2v) is 6.57. The molecule has 19 heavy (non-hydrogen) atoms. The lowest BCUT2D eigenvalue weighted by atomic mass is 9.62. The Hall–Kier alpha value is -1.31. The maximum atomic E-state index is 11.8. The van der Waals surface area contributed by atoms with E-state index in [0.29, 0.717) is 11.8 Å². The number of hydrogen-bond acceptors (Lipinski definition) is 1. The van der Waals surface area contributed by atoms with Crippen molar-refractivity contribution >= 4 is 5.97 Å². The fourth-order valence-corrected chi connectivity index (χ4v) is 3.84. The molecule has 2 aliphatic rings. The van der Waals surface area contributed by atoms with Crippen LogP contribution in [0.5, 0.6) is 0 Å². The van der Waals surface area contributed by atoms with Crippen LogP contribution in [0.3, 0.4) is 0 Å². The number of benzene rings is 1. The van der Waals surface area contributed by atoms with Gasteiger partial charge in [-0.25, -0.2) is 0 Å². The van der Waals surface area contributed by atoms with Crippen LogP contribution in [0.15, 0.2) is 24.3 Å². The highest BCUT2D eigenvalue weighted by molar-refractivity contribution is 5.75. The van der Waals surface area contributed by atoms with Gasteiger partial charge in [0.15, 0.2) is 0 Å². The molecule has 0 aromatic heterocycles. The number of carboxylic acids is 1. The molecule has 2 aliphatic carbocycles. The zero-order valence-corrected chi connectivity index (χ0v) is 11.6. The van der Waals surface area contributed by atoms with E-state index in [-0.39, 0.29) is 0 Å². The molecule has 0 saturated heterocycles. The van der Waals surface area contributed by atoms with Gasteiger partial charge in [0.2, 0.25) is 0 Å². The summed E-state index contributed by atoms with van der Waals surface area (Å²) in [5.41, 5.74) is 2.35. The Balaban J connectivity index is 1.76. The fourth-order valence-electron chi connectivity index (χ4n) is 3.84. The molecule has 0 spiro atoms. The third-order valence-corrected chi connectivity index (χ3v) is 5.28. The van der Waals surface area contributed by atoms with Crippen molar-refractivity contribution in [2.24, 2.45) is 11.3 Å². The lowest BCUT2D eigenvalue weighted by Crippen LogP contribution is -2.38. The van der Waals surface area contributed by atoms with Crippen LogP contribution in [0.4, 0.5) is 0 Å². The Bertz CT molecular complexity index is 484. The van der Waals surface area contributed by atoms with Gasteiger partial charge in [-0.3, -0.25) is 4.79 Å².